The molecule has 6 heteroatoms. The van der Waals surface area contributed by atoms with E-state index in [2.05, 4.69) is 10.3 Å². The number of H-pyrrole nitrogens is 1. The van der Waals surface area contributed by atoms with Crippen LogP contribution in [0.1, 0.15) is 41.6 Å². The molecule has 1 aliphatic carbocycles. The lowest BCUT2D eigenvalue weighted by molar-refractivity contribution is 0.0884. The third-order valence-electron chi connectivity index (χ3n) is 5.45. The summed E-state index contributed by atoms with van der Waals surface area (Å²) in [4.78, 5) is 28.6. The molecule has 1 aliphatic rings. The molecule has 1 fully saturated rings. The first-order chi connectivity index (χ1) is 13.5. The normalized spacial score (nSPS) is 19.5. The smallest absolute Gasteiger partial charge is 0.260 e. The Hall–Kier alpha value is -3.02. The molecule has 1 aromatic carbocycles. The standard InChI is InChI=1S/C22H25N3O3/c1-14-13-25(2)22(27)19-18(12-23-20(14)19)21(26)24-15-7-6-10-17(11-15)28-16-8-4-3-5-9-16/h3-5,8-9,12-13,15,17,23H,6-7,10-11H2,1-2H3,(H,24,26). The number of benzene rings is 1. The maximum Gasteiger partial charge on any atom is 0.260 e. The Morgan fingerprint density at radius 2 is 2.04 bits per heavy atom. The van der Waals surface area contributed by atoms with Crippen LogP contribution >= 0.6 is 0 Å². The van der Waals surface area contributed by atoms with Crippen LogP contribution in [0, 0.1) is 6.92 Å². The van der Waals surface area contributed by atoms with Crippen LogP contribution in [-0.4, -0.2) is 27.6 Å². The van der Waals surface area contributed by atoms with Gasteiger partial charge in [-0.1, -0.05) is 18.2 Å². The molecule has 2 unspecified atom stereocenters. The number of aromatic amines is 1. The molecule has 0 radical (unpaired) electrons. The first-order valence-electron chi connectivity index (χ1n) is 9.73. The molecule has 0 bridgehead atoms. The zero-order chi connectivity index (χ0) is 19.7. The first kappa shape index (κ1) is 18.3. The van der Waals surface area contributed by atoms with Gasteiger partial charge in [0.1, 0.15) is 11.9 Å². The molecular formula is C22H25N3O3. The average Bonchev–Trinajstić information content (AvgIpc) is 3.13. The average molecular weight is 379 g/mol. The summed E-state index contributed by atoms with van der Waals surface area (Å²) < 4.78 is 7.59. The predicted molar refractivity (Wildman–Crippen MR) is 109 cm³/mol. The molecule has 4 rings (SSSR count). The minimum atomic E-state index is -0.209. The lowest BCUT2D eigenvalue weighted by Crippen LogP contribution is -2.41. The van der Waals surface area contributed by atoms with Gasteiger partial charge in [-0.15, -0.1) is 0 Å². The maximum absolute atomic E-state index is 12.9. The molecule has 2 atom stereocenters. The van der Waals surface area contributed by atoms with Crippen molar-refractivity contribution in [3.8, 4) is 5.75 Å². The number of ether oxygens (including phenoxy) is 1. The lowest BCUT2D eigenvalue weighted by Gasteiger charge is -2.30. The number of nitrogens with one attached hydrogen (secondary N) is 2. The molecular weight excluding hydrogens is 354 g/mol. The van der Waals surface area contributed by atoms with Gasteiger partial charge in [0.05, 0.1) is 16.5 Å². The Morgan fingerprint density at radius 1 is 1.25 bits per heavy atom. The molecule has 0 spiro atoms. The summed E-state index contributed by atoms with van der Waals surface area (Å²) in [6, 6.07) is 9.81. The van der Waals surface area contributed by atoms with Gasteiger partial charge in [0.15, 0.2) is 0 Å². The van der Waals surface area contributed by atoms with Gasteiger partial charge in [0.2, 0.25) is 0 Å². The zero-order valence-electron chi connectivity index (χ0n) is 16.2. The van der Waals surface area contributed by atoms with Crippen LogP contribution in [0.4, 0.5) is 0 Å². The summed E-state index contributed by atoms with van der Waals surface area (Å²) in [5.41, 5.74) is 1.90. The number of amides is 1. The van der Waals surface area contributed by atoms with Gasteiger partial charge in [-0.2, -0.15) is 0 Å². The largest absolute Gasteiger partial charge is 0.490 e. The highest BCUT2D eigenvalue weighted by atomic mass is 16.5. The first-order valence-corrected chi connectivity index (χ1v) is 9.73. The zero-order valence-corrected chi connectivity index (χ0v) is 16.2. The van der Waals surface area contributed by atoms with Crippen LogP contribution in [0.3, 0.4) is 0 Å². The summed E-state index contributed by atoms with van der Waals surface area (Å²) in [6.07, 6.45) is 7.15. The Balaban J connectivity index is 1.49. The number of fused-ring (bicyclic) bond motifs is 1. The van der Waals surface area contributed by atoms with Gasteiger partial charge in [-0.25, -0.2) is 0 Å². The topological polar surface area (TPSA) is 76.1 Å². The van der Waals surface area contributed by atoms with Gasteiger partial charge in [-0.05, 0) is 43.9 Å². The summed E-state index contributed by atoms with van der Waals surface area (Å²) in [7, 11) is 1.70. The molecule has 2 aromatic heterocycles. The fourth-order valence-corrected chi connectivity index (χ4v) is 4.06. The number of aromatic nitrogens is 2. The number of aryl methyl sites for hydroxylation is 2. The number of nitrogens with zero attached hydrogens (tertiary/aromatic N) is 1. The summed E-state index contributed by atoms with van der Waals surface area (Å²) in [5.74, 6) is 0.648. The van der Waals surface area contributed by atoms with Crippen molar-refractivity contribution in [2.75, 3.05) is 0 Å². The van der Waals surface area contributed by atoms with E-state index in [0.29, 0.717) is 10.9 Å². The minimum absolute atomic E-state index is 0.0357. The lowest BCUT2D eigenvalue weighted by atomic mass is 9.92. The van der Waals surface area contributed by atoms with Crippen molar-refractivity contribution in [3.63, 3.8) is 0 Å². The molecule has 1 saturated carbocycles. The van der Waals surface area contributed by atoms with E-state index < -0.39 is 0 Å². The van der Waals surface area contributed by atoms with Crippen LogP contribution in [-0.2, 0) is 7.05 Å². The predicted octanol–water partition coefficient (Wildman–Crippen LogP) is 3.30. The molecule has 2 N–H and O–H groups in total. The number of para-hydroxylation sites is 1. The Bertz CT molecular complexity index is 1050. The second-order valence-electron chi connectivity index (χ2n) is 7.57. The molecule has 3 aromatic rings. The number of pyridine rings is 1. The Kier molecular flexibility index (Phi) is 4.94. The van der Waals surface area contributed by atoms with Crippen molar-refractivity contribution in [1.82, 2.24) is 14.9 Å². The third-order valence-corrected chi connectivity index (χ3v) is 5.45. The monoisotopic (exact) mass is 379 g/mol. The Morgan fingerprint density at radius 3 is 2.82 bits per heavy atom. The van der Waals surface area contributed by atoms with Crippen LogP contribution in [0.15, 0.2) is 47.5 Å². The summed E-state index contributed by atoms with van der Waals surface area (Å²) in [6.45, 7) is 1.92. The number of carbonyl (C=O) groups excluding carboxylic acids is 1. The Labute approximate surface area is 163 Å². The maximum atomic E-state index is 12.9. The van der Waals surface area contributed by atoms with Gasteiger partial charge in [0.25, 0.3) is 11.5 Å². The number of rotatable bonds is 4. The van der Waals surface area contributed by atoms with E-state index in [0.717, 1.165) is 42.5 Å². The van der Waals surface area contributed by atoms with Crippen LogP contribution < -0.4 is 15.6 Å². The highest BCUT2D eigenvalue weighted by molar-refractivity contribution is 6.07. The molecule has 0 aliphatic heterocycles. The second kappa shape index (κ2) is 7.54. The van der Waals surface area contributed by atoms with Crippen LogP contribution in [0.5, 0.6) is 5.75 Å². The van der Waals surface area contributed by atoms with Crippen molar-refractivity contribution in [3.05, 3.63) is 64.2 Å². The number of carbonyl (C=O) groups is 1. The van der Waals surface area contributed by atoms with Crippen LogP contribution in [0.25, 0.3) is 10.9 Å². The van der Waals surface area contributed by atoms with Gasteiger partial charge < -0.3 is 19.6 Å². The van der Waals surface area contributed by atoms with Crippen molar-refractivity contribution < 1.29 is 9.53 Å². The van der Waals surface area contributed by atoms with E-state index in [1.54, 1.807) is 19.4 Å². The van der Waals surface area contributed by atoms with E-state index in [4.69, 9.17) is 4.74 Å². The minimum Gasteiger partial charge on any atom is -0.490 e. The van der Waals surface area contributed by atoms with Crippen molar-refractivity contribution in [2.45, 2.75) is 44.8 Å². The van der Waals surface area contributed by atoms with Crippen LogP contribution in [0.2, 0.25) is 0 Å². The molecule has 28 heavy (non-hydrogen) atoms. The van der Waals surface area contributed by atoms with E-state index in [1.807, 2.05) is 37.3 Å². The van der Waals surface area contributed by atoms with Gasteiger partial charge >= 0.3 is 0 Å². The molecule has 146 valence electrons. The van der Waals surface area contributed by atoms with E-state index in [-0.39, 0.29) is 23.6 Å². The fraction of sp³-hybridized carbons (Fsp3) is 0.364. The molecule has 0 saturated heterocycles. The third kappa shape index (κ3) is 3.54. The quantitative estimate of drug-likeness (QED) is 0.730. The van der Waals surface area contributed by atoms with Crippen molar-refractivity contribution >= 4 is 16.8 Å². The number of hydrogen-bond acceptors (Lipinski definition) is 3. The second-order valence-corrected chi connectivity index (χ2v) is 7.57. The fourth-order valence-electron chi connectivity index (χ4n) is 4.06. The number of hydrogen-bond donors (Lipinski definition) is 2. The highest BCUT2D eigenvalue weighted by Crippen LogP contribution is 2.25. The molecule has 1 amide bonds. The highest BCUT2D eigenvalue weighted by Gasteiger charge is 2.26. The summed E-state index contributed by atoms with van der Waals surface area (Å²) >= 11 is 0. The molecule has 2 heterocycles. The summed E-state index contributed by atoms with van der Waals surface area (Å²) in [5, 5.41) is 3.56. The van der Waals surface area contributed by atoms with Gasteiger partial charge in [-0.3, -0.25) is 9.59 Å². The molecule has 6 nitrogen and oxygen atoms in total. The van der Waals surface area contributed by atoms with Crippen molar-refractivity contribution in [1.29, 1.82) is 0 Å². The van der Waals surface area contributed by atoms with E-state index in [9.17, 15) is 9.59 Å². The van der Waals surface area contributed by atoms with Gasteiger partial charge in [0, 0.05) is 31.9 Å². The SMILES string of the molecule is Cc1cn(C)c(=O)c2c(C(=O)NC3CCCC(Oc4ccccc4)C3)c[nH]c12. The van der Waals surface area contributed by atoms with E-state index in [1.165, 1.54) is 4.57 Å². The van der Waals surface area contributed by atoms with E-state index >= 15 is 0 Å². The van der Waals surface area contributed by atoms with Crippen molar-refractivity contribution in [2.24, 2.45) is 7.05 Å².